The van der Waals surface area contributed by atoms with Gasteiger partial charge in [-0.1, -0.05) is 40.2 Å². The minimum atomic E-state index is -0.840. The predicted octanol–water partition coefficient (Wildman–Crippen LogP) is 4.43. The van der Waals surface area contributed by atoms with Crippen LogP contribution in [0, 0.1) is 5.82 Å². The first-order valence-corrected chi connectivity index (χ1v) is 6.55. The van der Waals surface area contributed by atoms with Crippen LogP contribution in [-0.4, -0.2) is 5.11 Å². The highest BCUT2D eigenvalue weighted by Crippen LogP contribution is 2.30. The van der Waals surface area contributed by atoms with Gasteiger partial charge >= 0.3 is 0 Å². The second-order valence-corrected chi connectivity index (χ2v) is 5.31. The van der Waals surface area contributed by atoms with E-state index in [1.807, 2.05) is 12.1 Å². The zero-order valence-corrected chi connectivity index (χ0v) is 11.9. The van der Waals surface area contributed by atoms with Gasteiger partial charge in [-0.05, 0) is 39.7 Å². The summed E-state index contributed by atoms with van der Waals surface area (Å²) in [5.74, 6) is -0.376. The summed E-state index contributed by atoms with van der Waals surface area (Å²) < 4.78 is 14.6. The summed E-state index contributed by atoms with van der Waals surface area (Å²) in [5.41, 5.74) is 1.24. The van der Waals surface area contributed by atoms with Crippen LogP contribution in [0.2, 0.25) is 0 Å². The van der Waals surface area contributed by atoms with Gasteiger partial charge in [-0.3, -0.25) is 0 Å². The Morgan fingerprint density at radius 3 is 2.29 bits per heavy atom. The number of hydrogen-bond donors (Lipinski definition) is 1. The summed E-state index contributed by atoms with van der Waals surface area (Å²) >= 11 is 6.47. The van der Waals surface area contributed by atoms with Crippen molar-refractivity contribution in [3.63, 3.8) is 0 Å². The first-order valence-electron chi connectivity index (χ1n) is 4.97. The third-order valence-electron chi connectivity index (χ3n) is 2.46. The van der Waals surface area contributed by atoms with E-state index in [4.69, 9.17) is 0 Å². The van der Waals surface area contributed by atoms with Gasteiger partial charge in [-0.15, -0.1) is 0 Å². The van der Waals surface area contributed by atoms with Gasteiger partial charge in [-0.2, -0.15) is 0 Å². The summed E-state index contributed by atoms with van der Waals surface area (Å²) in [6, 6.07) is 11.9. The zero-order valence-electron chi connectivity index (χ0n) is 8.70. The fourth-order valence-electron chi connectivity index (χ4n) is 1.56. The van der Waals surface area contributed by atoms with Crippen molar-refractivity contribution in [2.45, 2.75) is 6.10 Å². The highest BCUT2D eigenvalue weighted by Gasteiger charge is 2.15. The molecule has 1 atom stereocenters. The molecule has 0 aliphatic heterocycles. The maximum absolute atomic E-state index is 13.4. The van der Waals surface area contributed by atoms with Crippen LogP contribution in [0.1, 0.15) is 17.2 Å². The molecule has 88 valence electrons. The Morgan fingerprint density at radius 1 is 1.00 bits per heavy atom. The molecule has 1 unspecified atom stereocenters. The quantitative estimate of drug-likeness (QED) is 0.840. The maximum Gasteiger partial charge on any atom is 0.137 e. The molecule has 1 nitrogen and oxygen atoms in total. The van der Waals surface area contributed by atoms with Crippen molar-refractivity contribution < 1.29 is 9.50 Å². The summed E-state index contributed by atoms with van der Waals surface area (Å²) in [6.07, 6.45) is -0.840. The highest BCUT2D eigenvalue weighted by molar-refractivity contribution is 9.10. The van der Waals surface area contributed by atoms with E-state index >= 15 is 0 Å². The molecule has 1 N–H and O–H groups in total. The van der Waals surface area contributed by atoms with Crippen molar-refractivity contribution in [1.29, 1.82) is 0 Å². The van der Waals surface area contributed by atoms with E-state index in [0.29, 0.717) is 10.0 Å². The number of benzene rings is 2. The summed E-state index contributed by atoms with van der Waals surface area (Å²) in [6.45, 7) is 0. The molecule has 0 amide bonds. The Kier molecular flexibility index (Phi) is 3.97. The average molecular weight is 360 g/mol. The molecule has 0 aromatic heterocycles. The minimum absolute atomic E-state index is 0.301. The van der Waals surface area contributed by atoms with E-state index in [0.717, 1.165) is 10.0 Å². The third kappa shape index (κ3) is 2.76. The highest BCUT2D eigenvalue weighted by atomic mass is 79.9. The number of aliphatic hydroxyl groups is 1. The van der Waals surface area contributed by atoms with Crippen LogP contribution in [0.4, 0.5) is 4.39 Å². The summed E-state index contributed by atoms with van der Waals surface area (Å²) in [4.78, 5) is 0. The largest absolute Gasteiger partial charge is 0.384 e. The standard InChI is InChI=1S/C13H9Br2FO/c14-9-6-4-8(5-7-9)13(17)10-2-1-3-11(16)12(10)15/h1-7,13,17H. The fourth-order valence-corrected chi connectivity index (χ4v) is 2.30. The van der Waals surface area contributed by atoms with Crippen LogP contribution in [0.5, 0.6) is 0 Å². The molecule has 0 heterocycles. The molecule has 0 saturated heterocycles. The van der Waals surface area contributed by atoms with Gasteiger partial charge in [0.2, 0.25) is 0 Å². The molecule has 17 heavy (non-hydrogen) atoms. The number of hydrogen-bond acceptors (Lipinski definition) is 1. The fraction of sp³-hybridized carbons (Fsp3) is 0.0769. The molecule has 0 fully saturated rings. The lowest BCUT2D eigenvalue weighted by Crippen LogP contribution is -2.01. The maximum atomic E-state index is 13.4. The Balaban J connectivity index is 2.40. The second-order valence-electron chi connectivity index (χ2n) is 3.60. The van der Waals surface area contributed by atoms with E-state index in [2.05, 4.69) is 31.9 Å². The van der Waals surface area contributed by atoms with Gasteiger partial charge in [0.25, 0.3) is 0 Å². The van der Waals surface area contributed by atoms with Crippen molar-refractivity contribution in [2.75, 3.05) is 0 Å². The van der Waals surface area contributed by atoms with Crippen molar-refractivity contribution in [3.8, 4) is 0 Å². The Labute approximate surface area is 116 Å². The first-order chi connectivity index (χ1) is 8.09. The monoisotopic (exact) mass is 358 g/mol. The molecule has 0 saturated carbocycles. The van der Waals surface area contributed by atoms with Gasteiger partial charge in [0, 0.05) is 10.0 Å². The third-order valence-corrected chi connectivity index (χ3v) is 3.83. The van der Waals surface area contributed by atoms with Gasteiger partial charge in [0.15, 0.2) is 0 Å². The molecular formula is C13H9Br2FO. The summed E-state index contributed by atoms with van der Waals surface area (Å²) in [5, 5.41) is 10.2. The first kappa shape index (κ1) is 12.7. The van der Waals surface area contributed by atoms with Crippen molar-refractivity contribution >= 4 is 31.9 Å². The Bertz CT molecular complexity index is 525. The average Bonchev–Trinajstić information content (AvgIpc) is 2.33. The molecule has 2 rings (SSSR count). The minimum Gasteiger partial charge on any atom is -0.384 e. The van der Waals surface area contributed by atoms with Gasteiger partial charge in [0.1, 0.15) is 11.9 Å². The van der Waals surface area contributed by atoms with E-state index in [9.17, 15) is 9.50 Å². The van der Waals surface area contributed by atoms with E-state index < -0.39 is 6.10 Å². The van der Waals surface area contributed by atoms with Crippen molar-refractivity contribution in [3.05, 3.63) is 68.4 Å². The molecule has 0 aliphatic rings. The predicted molar refractivity (Wildman–Crippen MR) is 72.3 cm³/mol. The van der Waals surface area contributed by atoms with Crippen LogP contribution in [0.3, 0.4) is 0 Å². The molecule has 0 spiro atoms. The molecule has 0 aliphatic carbocycles. The van der Waals surface area contributed by atoms with Gasteiger partial charge in [-0.25, -0.2) is 4.39 Å². The van der Waals surface area contributed by atoms with Crippen LogP contribution in [0.25, 0.3) is 0 Å². The van der Waals surface area contributed by atoms with Crippen molar-refractivity contribution in [2.24, 2.45) is 0 Å². The SMILES string of the molecule is OC(c1ccc(Br)cc1)c1cccc(F)c1Br. The van der Waals surface area contributed by atoms with Crippen LogP contribution >= 0.6 is 31.9 Å². The molecule has 2 aromatic rings. The van der Waals surface area contributed by atoms with Crippen LogP contribution in [0.15, 0.2) is 51.4 Å². The lowest BCUT2D eigenvalue weighted by Gasteiger charge is -2.13. The van der Waals surface area contributed by atoms with E-state index in [1.165, 1.54) is 6.07 Å². The van der Waals surface area contributed by atoms with Crippen molar-refractivity contribution in [1.82, 2.24) is 0 Å². The topological polar surface area (TPSA) is 20.2 Å². The summed E-state index contributed by atoms with van der Waals surface area (Å²) in [7, 11) is 0. The van der Waals surface area contributed by atoms with Crippen LogP contribution < -0.4 is 0 Å². The number of rotatable bonds is 2. The molecule has 2 aromatic carbocycles. The Morgan fingerprint density at radius 2 is 1.65 bits per heavy atom. The second kappa shape index (κ2) is 5.29. The number of halogens is 3. The normalized spacial score (nSPS) is 12.5. The van der Waals surface area contributed by atoms with Gasteiger partial charge < -0.3 is 5.11 Å². The Hall–Kier alpha value is -0.710. The van der Waals surface area contributed by atoms with E-state index in [-0.39, 0.29) is 5.82 Å². The molecule has 0 radical (unpaired) electrons. The lowest BCUT2D eigenvalue weighted by atomic mass is 10.0. The van der Waals surface area contributed by atoms with Gasteiger partial charge in [0.05, 0.1) is 4.47 Å². The molecule has 4 heteroatoms. The molecule has 0 bridgehead atoms. The van der Waals surface area contributed by atoms with Crippen LogP contribution in [-0.2, 0) is 0 Å². The van der Waals surface area contributed by atoms with E-state index in [1.54, 1.807) is 24.3 Å². The number of aliphatic hydroxyl groups excluding tert-OH is 1. The molecular weight excluding hydrogens is 351 g/mol. The zero-order chi connectivity index (χ0) is 12.4. The lowest BCUT2D eigenvalue weighted by molar-refractivity contribution is 0.219. The smallest absolute Gasteiger partial charge is 0.137 e.